The monoisotopic (exact) mass is 268 g/mol. The molecule has 0 spiro atoms. The molecule has 0 saturated carbocycles. The van der Waals surface area contributed by atoms with Crippen molar-refractivity contribution >= 4 is 11.6 Å². The van der Waals surface area contributed by atoms with Gasteiger partial charge in [-0.15, -0.1) is 0 Å². The quantitative estimate of drug-likeness (QED) is 0.615. The lowest BCUT2D eigenvalue weighted by Crippen LogP contribution is -2.29. The van der Waals surface area contributed by atoms with Crippen LogP contribution in [0.2, 0.25) is 0 Å². The van der Waals surface area contributed by atoms with E-state index in [-0.39, 0.29) is 5.56 Å². The smallest absolute Gasteiger partial charge is 0.311 e. The van der Waals surface area contributed by atoms with E-state index in [2.05, 4.69) is 0 Å². The van der Waals surface area contributed by atoms with Gasteiger partial charge in [0.1, 0.15) is 0 Å². The highest BCUT2D eigenvalue weighted by Crippen LogP contribution is 2.26. The maximum absolute atomic E-state index is 12.0. The summed E-state index contributed by atoms with van der Waals surface area (Å²) in [5.74, 6) is -0.878. The van der Waals surface area contributed by atoms with Crippen LogP contribution in [0.1, 0.15) is 23.7 Å². The molecular formula is C12H16N2O5. The molecule has 1 aromatic carbocycles. The minimum absolute atomic E-state index is 0.123. The third kappa shape index (κ3) is 3.92. The number of aliphatic hydroxyl groups excluding tert-OH is 1. The van der Waals surface area contributed by atoms with Gasteiger partial charge in [0.2, 0.25) is 0 Å². The topological polar surface area (TPSA) is 104 Å². The fraction of sp³-hybridized carbons (Fsp3) is 0.417. The number of hydrogen-bond donors (Lipinski definition) is 2. The summed E-state index contributed by atoms with van der Waals surface area (Å²) in [6.45, 7) is 1.95. The second-order valence-corrected chi connectivity index (χ2v) is 4.33. The number of carbonyl (C=O) groups excluding carboxylic acids is 1. The summed E-state index contributed by atoms with van der Waals surface area (Å²) < 4.78 is 0. The van der Waals surface area contributed by atoms with Crippen LogP contribution in [0, 0.1) is 10.1 Å². The molecule has 0 radical (unpaired) electrons. The van der Waals surface area contributed by atoms with E-state index < -0.39 is 28.4 Å². The highest BCUT2D eigenvalue weighted by atomic mass is 16.6. The average molecular weight is 268 g/mol. The number of aliphatic hydroxyl groups is 1. The number of phenolic OH excluding ortho intramolecular Hbond substituents is 1. The SMILES string of the molecule is C[C@H](O)CCN(C)C(=O)c1ccc(O)c([N+](=O)[O-])c1. The lowest BCUT2D eigenvalue weighted by Gasteiger charge is -2.18. The van der Waals surface area contributed by atoms with E-state index in [4.69, 9.17) is 5.11 Å². The van der Waals surface area contributed by atoms with Gasteiger partial charge in [-0.05, 0) is 25.5 Å². The molecule has 7 heteroatoms. The van der Waals surface area contributed by atoms with E-state index in [1.54, 1.807) is 14.0 Å². The Morgan fingerprint density at radius 3 is 2.68 bits per heavy atom. The molecule has 0 heterocycles. The summed E-state index contributed by atoms with van der Waals surface area (Å²) in [7, 11) is 1.55. The van der Waals surface area contributed by atoms with Crippen LogP contribution in [0.5, 0.6) is 5.75 Å². The predicted octanol–water partition coefficient (Wildman–Crippen LogP) is 1.14. The Bertz CT molecular complexity index is 487. The lowest BCUT2D eigenvalue weighted by molar-refractivity contribution is -0.385. The van der Waals surface area contributed by atoms with Crippen LogP contribution in [-0.2, 0) is 0 Å². The molecule has 0 aromatic heterocycles. The van der Waals surface area contributed by atoms with Crippen molar-refractivity contribution in [2.24, 2.45) is 0 Å². The van der Waals surface area contributed by atoms with Gasteiger partial charge in [0.25, 0.3) is 5.91 Å². The average Bonchev–Trinajstić information content (AvgIpc) is 2.35. The van der Waals surface area contributed by atoms with Gasteiger partial charge in [0, 0.05) is 25.2 Å². The number of benzene rings is 1. The van der Waals surface area contributed by atoms with Gasteiger partial charge < -0.3 is 15.1 Å². The van der Waals surface area contributed by atoms with Crippen molar-refractivity contribution in [3.05, 3.63) is 33.9 Å². The van der Waals surface area contributed by atoms with E-state index >= 15 is 0 Å². The third-order valence-electron chi connectivity index (χ3n) is 2.65. The Morgan fingerprint density at radius 2 is 2.16 bits per heavy atom. The number of nitrogens with zero attached hydrogens (tertiary/aromatic N) is 2. The molecular weight excluding hydrogens is 252 g/mol. The van der Waals surface area contributed by atoms with Gasteiger partial charge >= 0.3 is 5.69 Å². The minimum Gasteiger partial charge on any atom is -0.502 e. The highest BCUT2D eigenvalue weighted by molar-refractivity contribution is 5.95. The number of nitro groups is 1. The van der Waals surface area contributed by atoms with Crippen LogP contribution >= 0.6 is 0 Å². The first-order valence-electron chi connectivity index (χ1n) is 5.74. The Morgan fingerprint density at radius 1 is 1.53 bits per heavy atom. The third-order valence-corrected chi connectivity index (χ3v) is 2.65. The molecule has 0 fully saturated rings. The zero-order valence-electron chi connectivity index (χ0n) is 10.7. The number of amides is 1. The first-order chi connectivity index (χ1) is 8.82. The molecule has 1 aromatic rings. The molecule has 7 nitrogen and oxygen atoms in total. The summed E-state index contributed by atoms with van der Waals surface area (Å²) in [6, 6.07) is 3.48. The molecule has 1 rings (SSSR count). The summed E-state index contributed by atoms with van der Waals surface area (Å²) in [5, 5.41) is 29.1. The van der Waals surface area contributed by atoms with Gasteiger partial charge in [-0.25, -0.2) is 0 Å². The summed E-state index contributed by atoms with van der Waals surface area (Å²) in [6.07, 6.45) is -0.105. The van der Waals surface area contributed by atoms with Gasteiger partial charge in [0.15, 0.2) is 5.75 Å². The summed E-state index contributed by atoms with van der Waals surface area (Å²) in [5.41, 5.74) is -0.382. The zero-order valence-corrected chi connectivity index (χ0v) is 10.7. The molecule has 2 N–H and O–H groups in total. The lowest BCUT2D eigenvalue weighted by atomic mass is 10.1. The van der Waals surface area contributed by atoms with Gasteiger partial charge in [0.05, 0.1) is 11.0 Å². The summed E-state index contributed by atoms with van der Waals surface area (Å²) >= 11 is 0. The maximum atomic E-state index is 12.0. The van der Waals surface area contributed by atoms with Gasteiger partial charge in [-0.3, -0.25) is 14.9 Å². The first kappa shape index (κ1) is 14.9. The molecule has 0 bridgehead atoms. The molecule has 0 aliphatic rings. The van der Waals surface area contributed by atoms with Gasteiger partial charge in [-0.1, -0.05) is 0 Å². The van der Waals surface area contributed by atoms with Crippen molar-refractivity contribution in [1.29, 1.82) is 0 Å². The second-order valence-electron chi connectivity index (χ2n) is 4.33. The molecule has 1 amide bonds. The molecule has 19 heavy (non-hydrogen) atoms. The largest absolute Gasteiger partial charge is 0.502 e. The predicted molar refractivity (Wildman–Crippen MR) is 68.0 cm³/mol. The molecule has 104 valence electrons. The molecule has 1 atom stereocenters. The van der Waals surface area contributed by atoms with Crippen LogP contribution < -0.4 is 0 Å². The number of carbonyl (C=O) groups is 1. The molecule has 0 aliphatic carbocycles. The van der Waals surface area contributed by atoms with Crippen molar-refractivity contribution in [3.63, 3.8) is 0 Å². The van der Waals surface area contributed by atoms with Crippen LogP contribution in [0.3, 0.4) is 0 Å². The Labute approximate surface area is 110 Å². The van der Waals surface area contributed by atoms with Crippen LogP contribution in [0.25, 0.3) is 0 Å². The molecule has 0 aliphatic heterocycles. The number of rotatable bonds is 5. The van der Waals surface area contributed by atoms with Crippen molar-refractivity contribution in [2.75, 3.05) is 13.6 Å². The molecule has 0 saturated heterocycles. The fourth-order valence-electron chi connectivity index (χ4n) is 1.51. The fourth-order valence-corrected chi connectivity index (χ4v) is 1.51. The molecule has 0 unspecified atom stereocenters. The number of aromatic hydroxyl groups is 1. The normalized spacial score (nSPS) is 11.9. The second kappa shape index (κ2) is 6.14. The zero-order chi connectivity index (χ0) is 14.6. The number of hydrogen-bond acceptors (Lipinski definition) is 5. The minimum atomic E-state index is -0.748. The van der Waals surface area contributed by atoms with E-state index in [0.717, 1.165) is 12.1 Å². The van der Waals surface area contributed by atoms with Crippen LogP contribution in [0.4, 0.5) is 5.69 Å². The van der Waals surface area contributed by atoms with Crippen molar-refractivity contribution < 1.29 is 19.9 Å². The van der Waals surface area contributed by atoms with Crippen molar-refractivity contribution in [1.82, 2.24) is 4.90 Å². The number of nitro benzene ring substituents is 1. The van der Waals surface area contributed by atoms with Gasteiger partial charge in [-0.2, -0.15) is 0 Å². The number of phenols is 1. The van der Waals surface area contributed by atoms with E-state index in [1.807, 2.05) is 0 Å². The van der Waals surface area contributed by atoms with Crippen molar-refractivity contribution in [2.45, 2.75) is 19.4 Å². The maximum Gasteiger partial charge on any atom is 0.311 e. The standard InChI is InChI=1S/C12H16N2O5/c1-8(15)5-6-13(2)12(17)9-3-4-11(16)10(7-9)14(18)19/h3-4,7-8,15-16H,5-6H2,1-2H3/t8-/m0/s1. The first-order valence-corrected chi connectivity index (χ1v) is 5.74. The van der Waals surface area contributed by atoms with Crippen LogP contribution in [-0.4, -0.2) is 45.6 Å². The van der Waals surface area contributed by atoms with Crippen molar-refractivity contribution in [3.8, 4) is 5.75 Å². The summed E-state index contributed by atoms with van der Waals surface area (Å²) in [4.78, 5) is 23.3. The Hall–Kier alpha value is -2.15. The van der Waals surface area contributed by atoms with E-state index in [9.17, 15) is 20.0 Å². The highest BCUT2D eigenvalue weighted by Gasteiger charge is 2.19. The Kier molecular flexibility index (Phi) is 4.82. The van der Waals surface area contributed by atoms with Crippen LogP contribution in [0.15, 0.2) is 18.2 Å². The van der Waals surface area contributed by atoms with E-state index in [0.29, 0.717) is 13.0 Å². The Balaban J connectivity index is 2.88. The van der Waals surface area contributed by atoms with E-state index in [1.165, 1.54) is 11.0 Å².